The standard InChI is InChI=1S/C18H12ClF3N2O5/c19-15-3-2-12(7-14(15)18(20,21)22)23-16(25)4-1-10-5-13(24(26)27)6-11-8-28-9-29-17(10)11/h1-7H,8-9H2,(H,23,25)/b4-1+. The molecule has 1 aliphatic rings. The van der Waals surface area contributed by atoms with Crippen LogP contribution in [0, 0.1) is 10.1 Å². The second-order valence-electron chi connectivity index (χ2n) is 5.91. The Balaban J connectivity index is 1.83. The number of nitro groups is 1. The lowest BCUT2D eigenvalue weighted by Gasteiger charge is -2.19. The Morgan fingerprint density at radius 2 is 2.03 bits per heavy atom. The minimum absolute atomic E-state index is 0.0527. The molecule has 0 unspecified atom stereocenters. The van der Waals surface area contributed by atoms with Crippen molar-refractivity contribution < 1.29 is 32.4 Å². The third-order valence-corrected chi connectivity index (χ3v) is 4.22. The van der Waals surface area contributed by atoms with E-state index in [2.05, 4.69) is 5.32 Å². The molecule has 7 nitrogen and oxygen atoms in total. The number of nitrogens with zero attached hydrogens (tertiary/aromatic N) is 1. The normalized spacial score (nSPS) is 13.7. The van der Waals surface area contributed by atoms with Crippen LogP contribution in [0.25, 0.3) is 6.08 Å². The fourth-order valence-electron chi connectivity index (χ4n) is 2.63. The summed E-state index contributed by atoms with van der Waals surface area (Å²) in [6.45, 7) is 0.0535. The van der Waals surface area contributed by atoms with Crippen molar-refractivity contribution >= 4 is 35.0 Å². The Morgan fingerprint density at radius 1 is 1.28 bits per heavy atom. The minimum Gasteiger partial charge on any atom is -0.467 e. The van der Waals surface area contributed by atoms with Crippen LogP contribution in [0.4, 0.5) is 24.5 Å². The number of hydrogen-bond acceptors (Lipinski definition) is 5. The molecule has 0 bridgehead atoms. The van der Waals surface area contributed by atoms with Gasteiger partial charge in [0, 0.05) is 35.0 Å². The van der Waals surface area contributed by atoms with E-state index >= 15 is 0 Å². The minimum atomic E-state index is -4.67. The van der Waals surface area contributed by atoms with E-state index in [1.165, 1.54) is 24.3 Å². The van der Waals surface area contributed by atoms with Gasteiger partial charge >= 0.3 is 6.18 Å². The number of fused-ring (bicyclic) bond motifs is 1. The summed E-state index contributed by atoms with van der Waals surface area (Å²) in [4.78, 5) is 22.6. The Hall–Kier alpha value is -3.11. The molecule has 1 amide bonds. The maximum atomic E-state index is 12.9. The number of anilines is 1. The summed E-state index contributed by atoms with van der Waals surface area (Å²) in [5.74, 6) is -0.412. The first-order chi connectivity index (χ1) is 13.6. The highest BCUT2D eigenvalue weighted by Crippen LogP contribution is 2.36. The van der Waals surface area contributed by atoms with E-state index in [1.807, 2.05) is 0 Å². The molecule has 3 rings (SSSR count). The molecule has 0 aliphatic carbocycles. The van der Waals surface area contributed by atoms with Crippen LogP contribution in [0.5, 0.6) is 5.75 Å². The lowest BCUT2D eigenvalue weighted by molar-refractivity contribution is -0.385. The zero-order chi connectivity index (χ0) is 21.2. The molecular weight excluding hydrogens is 417 g/mol. The third-order valence-electron chi connectivity index (χ3n) is 3.89. The van der Waals surface area contributed by atoms with E-state index in [0.717, 1.165) is 12.1 Å². The van der Waals surface area contributed by atoms with Gasteiger partial charge in [-0.15, -0.1) is 0 Å². The largest absolute Gasteiger partial charge is 0.467 e. The molecule has 0 radical (unpaired) electrons. The highest BCUT2D eigenvalue weighted by molar-refractivity contribution is 6.31. The summed E-state index contributed by atoms with van der Waals surface area (Å²) in [6.07, 6.45) is -2.37. The van der Waals surface area contributed by atoms with Crippen molar-refractivity contribution in [1.29, 1.82) is 0 Å². The van der Waals surface area contributed by atoms with E-state index in [-0.39, 0.29) is 30.3 Å². The van der Waals surface area contributed by atoms with Gasteiger partial charge in [0.1, 0.15) is 5.75 Å². The Morgan fingerprint density at radius 3 is 2.72 bits per heavy atom. The zero-order valence-corrected chi connectivity index (χ0v) is 15.2. The summed E-state index contributed by atoms with van der Waals surface area (Å²) in [5, 5.41) is 12.9. The van der Waals surface area contributed by atoms with Gasteiger partial charge in [-0.3, -0.25) is 14.9 Å². The van der Waals surface area contributed by atoms with E-state index in [4.69, 9.17) is 21.1 Å². The predicted molar refractivity (Wildman–Crippen MR) is 97.5 cm³/mol. The van der Waals surface area contributed by atoms with Crippen LogP contribution in [0.3, 0.4) is 0 Å². The molecule has 0 aromatic heterocycles. The van der Waals surface area contributed by atoms with Gasteiger partial charge in [0.2, 0.25) is 5.91 Å². The number of nitro benzene ring substituents is 1. The molecule has 2 aromatic rings. The Bertz CT molecular complexity index is 1010. The average molecular weight is 429 g/mol. The highest BCUT2D eigenvalue weighted by atomic mass is 35.5. The van der Waals surface area contributed by atoms with Crippen LogP contribution < -0.4 is 10.1 Å². The van der Waals surface area contributed by atoms with E-state index in [1.54, 1.807) is 0 Å². The molecule has 2 aromatic carbocycles. The molecule has 1 aliphatic heterocycles. The molecule has 1 heterocycles. The molecule has 1 N–H and O–H groups in total. The first kappa shape index (κ1) is 20.6. The van der Waals surface area contributed by atoms with E-state index in [9.17, 15) is 28.1 Å². The molecule has 152 valence electrons. The number of non-ortho nitro benzene ring substituents is 1. The number of ether oxygens (including phenoxy) is 2. The average Bonchev–Trinajstić information content (AvgIpc) is 2.66. The Labute approximate surface area is 166 Å². The number of nitrogens with one attached hydrogen (secondary N) is 1. The third kappa shape index (κ3) is 4.84. The number of hydrogen-bond donors (Lipinski definition) is 1. The smallest absolute Gasteiger partial charge is 0.417 e. The molecule has 0 fully saturated rings. The molecule has 0 saturated heterocycles. The predicted octanol–water partition coefficient (Wildman–Crippen LogP) is 4.79. The summed E-state index contributed by atoms with van der Waals surface area (Å²) in [6, 6.07) is 5.48. The zero-order valence-electron chi connectivity index (χ0n) is 14.5. The van der Waals surface area contributed by atoms with E-state index < -0.39 is 27.6 Å². The van der Waals surface area contributed by atoms with Crippen LogP contribution in [0.2, 0.25) is 5.02 Å². The van der Waals surface area contributed by atoms with Crippen LogP contribution in [-0.2, 0) is 22.3 Å². The van der Waals surface area contributed by atoms with Crippen LogP contribution in [0.1, 0.15) is 16.7 Å². The lowest BCUT2D eigenvalue weighted by atomic mass is 10.1. The van der Waals surface area contributed by atoms with Crippen LogP contribution >= 0.6 is 11.6 Å². The van der Waals surface area contributed by atoms with Gasteiger partial charge in [0.15, 0.2) is 6.79 Å². The fraction of sp³-hybridized carbons (Fsp3) is 0.167. The summed E-state index contributed by atoms with van der Waals surface area (Å²) in [5.41, 5.74) is -0.701. The van der Waals surface area contributed by atoms with Crippen LogP contribution in [-0.4, -0.2) is 17.6 Å². The van der Waals surface area contributed by atoms with Crippen molar-refractivity contribution in [3.63, 3.8) is 0 Å². The first-order valence-corrected chi connectivity index (χ1v) is 8.40. The Kier molecular flexibility index (Phi) is 5.76. The number of benzene rings is 2. The maximum absolute atomic E-state index is 12.9. The number of amides is 1. The van der Waals surface area contributed by atoms with Crippen molar-refractivity contribution in [1.82, 2.24) is 0 Å². The van der Waals surface area contributed by atoms with Gasteiger partial charge in [-0.05, 0) is 24.3 Å². The van der Waals surface area contributed by atoms with Crippen molar-refractivity contribution in [3.8, 4) is 5.75 Å². The number of carbonyl (C=O) groups excluding carboxylic acids is 1. The van der Waals surface area contributed by atoms with E-state index in [0.29, 0.717) is 17.4 Å². The van der Waals surface area contributed by atoms with Crippen LogP contribution in [0.15, 0.2) is 36.4 Å². The second-order valence-corrected chi connectivity index (χ2v) is 6.31. The highest BCUT2D eigenvalue weighted by Gasteiger charge is 2.33. The maximum Gasteiger partial charge on any atom is 0.417 e. The van der Waals surface area contributed by atoms with Crippen molar-refractivity contribution in [3.05, 3.63) is 68.2 Å². The summed E-state index contributed by atoms with van der Waals surface area (Å²) >= 11 is 5.54. The van der Waals surface area contributed by atoms with Crippen molar-refractivity contribution in [2.45, 2.75) is 12.8 Å². The van der Waals surface area contributed by atoms with Gasteiger partial charge in [-0.1, -0.05) is 11.6 Å². The number of rotatable bonds is 4. The number of alkyl halides is 3. The van der Waals surface area contributed by atoms with Gasteiger partial charge < -0.3 is 14.8 Å². The van der Waals surface area contributed by atoms with Crippen molar-refractivity contribution in [2.24, 2.45) is 0 Å². The molecule has 0 atom stereocenters. The summed E-state index contributed by atoms with van der Waals surface area (Å²) in [7, 11) is 0. The number of halogens is 4. The fourth-order valence-corrected chi connectivity index (χ4v) is 2.86. The molecule has 11 heteroatoms. The topological polar surface area (TPSA) is 90.7 Å². The quantitative estimate of drug-likeness (QED) is 0.429. The van der Waals surface area contributed by atoms with Gasteiger partial charge in [0.25, 0.3) is 5.69 Å². The monoisotopic (exact) mass is 428 g/mol. The molecule has 0 spiro atoms. The lowest BCUT2D eigenvalue weighted by Crippen LogP contribution is -2.13. The van der Waals surface area contributed by atoms with Gasteiger partial charge in [-0.25, -0.2) is 0 Å². The molecular formula is C18H12ClF3N2O5. The summed E-state index contributed by atoms with van der Waals surface area (Å²) < 4.78 is 49.2. The first-order valence-electron chi connectivity index (χ1n) is 8.03. The number of carbonyl (C=O) groups is 1. The second kappa shape index (κ2) is 8.10. The van der Waals surface area contributed by atoms with Gasteiger partial charge in [-0.2, -0.15) is 13.2 Å². The van der Waals surface area contributed by atoms with Gasteiger partial charge in [0.05, 0.1) is 22.1 Å². The SMILES string of the molecule is O=C(/C=C/c1cc([N+](=O)[O-])cc2c1OCOC2)Nc1ccc(Cl)c(C(F)(F)F)c1. The van der Waals surface area contributed by atoms with Crippen molar-refractivity contribution in [2.75, 3.05) is 12.1 Å². The molecule has 0 saturated carbocycles. The molecule has 29 heavy (non-hydrogen) atoms.